The number of aliphatic imine (C=N–C) groups is 1. The summed E-state index contributed by atoms with van der Waals surface area (Å²) in [4.78, 5) is 28.4. The average molecular weight is 344 g/mol. The molecule has 7 nitrogen and oxygen atoms in total. The van der Waals surface area contributed by atoms with Crippen LogP contribution in [-0.2, 0) is 4.79 Å². The van der Waals surface area contributed by atoms with Crippen molar-refractivity contribution in [2.75, 3.05) is 0 Å². The molecule has 0 saturated heterocycles. The van der Waals surface area contributed by atoms with E-state index in [0.717, 1.165) is 35.5 Å². The molecule has 0 N–H and O–H groups in total. The molecule has 24 heavy (non-hydrogen) atoms. The molecule has 2 aliphatic rings. The van der Waals surface area contributed by atoms with Gasteiger partial charge in [0.2, 0.25) is 0 Å². The van der Waals surface area contributed by atoms with Gasteiger partial charge in [-0.1, -0.05) is 25.2 Å². The number of Topliss-reactive ketones (excluding diaryl/α,β-unsaturated/α-hetero) is 1. The van der Waals surface area contributed by atoms with Gasteiger partial charge >= 0.3 is 5.00 Å². The Kier molecular flexibility index (Phi) is 3.21. The predicted octanol–water partition coefficient (Wildman–Crippen LogP) is 3.53. The number of fused-ring (bicyclic) bond motifs is 2. The number of rotatable bonds is 2. The third kappa shape index (κ3) is 2.13. The van der Waals surface area contributed by atoms with Crippen molar-refractivity contribution in [2.45, 2.75) is 32.7 Å². The van der Waals surface area contributed by atoms with Crippen LogP contribution in [0.2, 0.25) is 0 Å². The lowest BCUT2D eigenvalue weighted by Gasteiger charge is -2.40. The van der Waals surface area contributed by atoms with Crippen LogP contribution in [0.1, 0.15) is 38.3 Å². The molecule has 124 valence electrons. The van der Waals surface area contributed by atoms with Gasteiger partial charge < -0.3 is 0 Å². The van der Waals surface area contributed by atoms with Gasteiger partial charge in [0.1, 0.15) is 5.78 Å². The van der Waals surface area contributed by atoms with Gasteiger partial charge in [-0.25, -0.2) is 9.67 Å². The minimum Gasteiger partial charge on any atom is -0.298 e. The number of carbonyl (C=O) groups excluding carboxylic acids is 1. The first-order chi connectivity index (χ1) is 11.4. The van der Waals surface area contributed by atoms with Crippen molar-refractivity contribution in [1.29, 1.82) is 0 Å². The van der Waals surface area contributed by atoms with Gasteiger partial charge in [0.15, 0.2) is 5.82 Å². The second kappa shape index (κ2) is 5.07. The van der Waals surface area contributed by atoms with E-state index in [-0.39, 0.29) is 16.8 Å². The van der Waals surface area contributed by atoms with Crippen molar-refractivity contribution < 1.29 is 9.72 Å². The molecule has 1 aliphatic heterocycles. The minimum absolute atomic E-state index is 0.0743. The lowest BCUT2D eigenvalue weighted by molar-refractivity contribution is -0.380. The molecule has 1 aliphatic carbocycles. The molecule has 8 heteroatoms. The van der Waals surface area contributed by atoms with Crippen LogP contribution < -0.4 is 0 Å². The largest absolute Gasteiger partial charge is 0.324 e. The molecule has 1 fully saturated rings. The topological polar surface area (TPSA) is 90.4 Å². The molecule has 0 bridgehead atoms. The lowest BCUT2D eigenvalue weighted by atomic mass is 9.66. The summed E-state index contributed by atoms with van der Waals surface area (Å²) < 4.78 is 1.72. The normalized spacial score (nSPS) is 24.9. The van der Waals surface area contributed by atoms with Crippen LogP contribution in [0.5, 0.6) is 0 Å². The zero-order valence-corrected chi connectivity index (χ0v) is 14.1. The molecule has 0 radical (unpaired) electrons. The van der Waals surface area contributed by atoms with Gasteiger partial charge in [0.25, 0.3) is 0 Å². The van der Waals surface area contributed by atoms with E-state index in [2.05, 4.69) is 10.1 Å². The van der Waals surface area contributed by atoms with Gasteiger partial charge in [-0.15, -0.1) is 0 Å². The summed E-state index contributed by atoms with van der Waals surface area (Å²) in [5.41, 5.74) is 1.19. The SMILES string of the molecule is CC1(C)CCC2=Nc3ccnn3C(c3csc([N+](=O)[O-])c3)C2C1=O. The van der Waals surface area contributed by atoms with E-state index in [1.54, 1.807) is 28.4 Å². The maximum atomic E-state index is 13.1. The molecule has 3 heterocycles. The van der Waals surface area contributed by atoms with Gasteiger partial charge in [-0.3, -0.25) is 14.9 Å². The van der Waals surface area contributed by atoms with Crippen LogP contribution in [0.4, 0.5) is 10.8 Å². The zero-order chi connectivity index (χ0) is 17.1. The number of hydrogen-bond donors (Lipinski definition) is 0. The van der Waals surface area contributed by atoms with Crippen LogP contribution in [0, 0.1) is 21.4 Å². The fraction of sp³-hybridized carbons (Fsp3) is 0.438. The summed E-state index contributed by atoms with van der Waals surface area (Å²) in [6.45, 7) is 3.91. The van der Waals surface area contributed by atoms with Gasteiger partial charge in [0.05, 0.1) is 23.1 Å². The Morgan fingerprint density at radius 2 is 2.25 bits per heavy atom. The molecule has 4 rings (SSSR count). The Balaban J connectivity index is 1.87. The molecule has 2 aromatic heterocycles. The fourth-order valence-corrected chi connectivity index (χ4v) is 4.32. The van der Waals surface area contributed by atoms with Crippen molar-refractivity contribution in [1.82, 2.24) is 9.78 Å². The number of aromatic nitrogens is 2. The van der Waals surface area contributed by atoms with E-state index in [4.69, 9.17) is 0 Å². The Morgan fingerprint density at radius 1 is 1.46 bits per heavy atom. The Hall–Kier alpha value is -2.35. The third-order valence-electron chi connectivity index (χ3n) is 4.93. The van der Waals surface area contributed by atoms with Gasteiger partial charge in [0, 0.05) is 28.6 Å². The highest BCUT2D eigenvalue weighted by atomic mass is 32.1. The zero-order valence-electron chi connectivity index (χ0n) is 13.3. The summed E-state index contributed by atoms with van der Waals surface area (Å²) in [6, 6.07) is 3.00. The van der Waals surface area contributed by atoms with Gasteiger partial charge in [-0.05, 0) is 18.4 Å². The van der Waals surface area contributed by atoms with E-state index in [1.165, 1.54) is 0 Å². The van der Waals surface area contributed by atoms with Crippen molar-refractivity contribution in [2.24, 2.45) is 16.3 Å². The van der Waals surface area contributed by atoms with E-state index in [0.29, 0.717) is 5.82 Å². The first-order valence-electron chi connectivity index (χ1n) is 7.76. The van der Waals surface area contributed by atoms with Crippen LogP contribution in [0.3, 0.4) is 0 Å². The molecule has 2 unspecified atom stereocenters. The first-order valence-corrected chi connectivity index (χ1v) is 8.64. The number of nitro groups is 1. The Bertz CT molecular complexity index is 880. The van der Waals surface area contributed by atoms with E-state index < -0.39 is 16.3 Å². The highest BCUT2D eigenvalue weighted by Crippen LogP contribution is 2.46. The van der Waals surface area contributed by atoms with Crippen LogP contribution in [0.15, 0.2) is 28.7 Å². The Morgan fingerprint density at radius 3 is 2.96 bits per heavy atom. The maximum Gasteiger partial charge on any atom is 0.324 e. The maximum absolute atomic E-state index is 13.1. The molecular formula is C16H16N4O3S. The summed E-state index contributed by atoms with van der Waals surface area (Å²) in [5.74, 6) is 0.426. The molecule has 0 aromatic carbocycles. The minimum atomic E-state index is -0.422. The second-order valence-corrected chi connectivity index (χ2v) is 7.77. The van der Waals surface area contributed by atoms with Gasteiger partial charge in [-0.2, -0.15) is 5.10 Å². The van der Waals surface area contributed by atoms with E-state index in [9.17, 15) is 14.9 Å². The summed E-state index contributed by atoms with van der Waals surface area (Å²) in [7, 11) is 0. The number of carbonyl (C=O) groups is 1. The predicted molar refractivity (Wildman–Crippen MR) is 89.9 cm³/mol. The monoisotopic (exact) mass is 344 g/mol. The quantitative estimate of drug-likeness (QED) is 0.615. The number of thiophene rings is 1. The standard InChI is InChI=1S/C16H16N4O3S/c1-16(2)5-3-10-13(15(16)21)14(19-11(18-10)4-6-17-19)9-7-12(20(22)23)24-8-9/h4,6-8,13-14H,3,5H2,1-2H3. The Labute approximate surface area is 142 Å². The highest BCUT2D eigenvalue weighted by Gasteiger charge is 2.48. The lowest BCUT2D eigenvalue weighted by Crippen LogP contribution is -2.46. The van der Waals surface area contributed by atoms with Crippen molar-refractivity contribution >= 4 is 33.7 Å². The molecule has 1 saturated carbocycles. The molecular weight excluding hydrogens is 328 g/mol. The number of hydrogen-bond acceptors (Lipinski definition) is 6. The highest BCUT2D eigenvalue weighted by molar-refractivity contribution is 7.13. The smallest absolute Gasteiger partial charge is 0.298 e. The van der Waals surface area contributed by atoms with E-state index >= 15 is 0 Å². The van der Waals surface area contributed by atoms with Crippen LogP contribution >= 0.6 is 11.3 Å². The van der Waals surface area contributed by atoms with Crippen molar-refractivity contribution in [3.63, 3.8) is 0 Å². The van der Waals surface area contributed by atoms with Crippen LogP contribution in [-0.4, -0.2) is 26.2 Å². The van der Waals surface area contributed by atoms with Crippen molar-refractivity contribution in [3.8, 4) is 0 Å². The number of nitrogens with zero attached hydrogens (tertiary/aromatic N) is 4. The average Bonchev–Trinajstić information content (AvgIpc) is 3.18. The molecule has 0 spiro atoms. The molecule has 0 amide bonds. The van der Waals surface area contributed by atoms with Crippen LogP contribution in [0.25, 0.3) is 0 Å². The summed E-state index contributed by atoms with van der Waals surface area (Å²) in [5, 5.41) is 17.2. The molecule has 2 atom stereocenters. The second-order valence-electron chi connectivity index (χ2n) is 6.88. The first kappa shape index (κ1) is 15.2. The third-order valence-corrected chi connectivity index (χ3v) is 5.83. The molecule has 2 aromatic rings. The van der Waals surface area contributed by atoms with Crippen molar-refractivity contribution in [3.05, 3.63) is 39.4 Å². The number of ketones is 1. The van der Waals surface area contributed by atoms with E-state index in [1.807, 2.05) is 13.8 Å². The fourth-order valence-electron chi connectivity index (χ4n) is 3.56. The summed E-state index contributed by atoms with van der Waals surface area (Å²) in [6.07, 6.45) is 3.18. The summed E-state index contributed by atoms with van der Waals surface area (Å²) >= 11 is 1.08.